The highest BCUT2D eigenvalue weighted by atomic mass is 28.3. The van der Waals surface area contributed by atoms with Crippen LogP contribution in [0.25, 0.3) is 44.2 Å². The van der Waals surface area contributed by atoms with Crippen LogP contribution >= 0.6 is 0 Å². The fourth-order valence-corrected chi connectivity index (χ4v) is 16.2. The van der Waals surface area contributed by atoms with Gasteiger partial charge in [-0.15, -0.1) is 0 Å². The van der Waals surface area contributed by atoms with Gasteiger partial charge in [-0.2, -0.15) is 0 Å². The summed E-state index contributed by atoms with van der Waals surface area (Å²) in [6.45, 7) is 9.72. The molecule has 0 fully saturated rings. The van der Waals surface area contributed by atoms with Crippen LogP contribution in [0.2, 0.25) is 0 Å². The van der Waals surface area contributed by atoms with E-state index in [1.165, 1.54) is 88.9 Å². The van der Waals surface area contributed by atoms with E-state index in [2.05, 4.69) is 245 Å². The Bertz CT molecular complexity index is 3080. The zero-order valence-electron chi connectivity index (χ0n) is 36.1. The number of hydrogen-bond acceptors (Lipinski definition) is 1. The molecule has 9 aromatic carbocycles. The van der Waals surface area contributed by atoms with Crippen LogP contribution in [0.4, 0.5) is 17.1 Å². The van der Waals surface area contributed by atoms with Crippen LogP contribution < -0.4 is 25.6 Å². The Morgan fingerprint density at radius 1 is 0.371 bits per heavy atom. The van der Waals surface area contributed by atoms with Gasteiger partial charge in [-0.1, -0.05) is 198 Å². The van der Waals surface area contributed by atoms with E-state index in [4.69, 9.17) is 0 Å². The summed E-state index contributed by atoms with van der Waals surface area (Å²) in [7, 11) is -2.72. The Kier molecular flexibility index (Phi) is 9.07. The molecule has 300 valence electrons. The summed E-state index contributed by atoms with van der Waals surface area (Å²) in [4.78, 5) is 2.50. The molecule has 0 aromatic heterocycles. The maximum Gasteiger partial charge on any atom is 0.180 e. The Balaban J connectivity index is 1.12. The molecule has 0 atom stereocenters. The summed E-state index contributed by atoms with van der Waals surface area (Å²) in [6.07, 6.45) is 2.36. The summed E-state index contributed by atoms with van der Waals surface area (Å²) in [5.41, 5.74) is 14.3. The van der Waals surface area contributed by atoms with Crippen molar-refractivity contribution in [3.63, 3.8) is 0 Å². The van der Waals surface area contributed by atoms with Crippen LogP contribution in [0, 0.1) is 0 Å². The largest absolute Gasteiger partial charge is 0.310 e. The van der Waals surface area contributed by atoms with Gasteiger partial charge in [-0.25, -0.2) is 0 Å². The van der Waals surface area contributed by atoms with Gasteiger partial charge in [0, 0.05) is 17.1 Å². The minimum Gasteiger partial charge on any atom is -0.310 e. The van der Waals surface area contributed by atoms with Crippen molar-refractivity contribution in [2.75, 3.05) is 4.90 Å². The molecular weight excluding hydrogens is 763 g/mol. The van der Waals surface area contributed by atoms with E-state index in [0.717, 1.165) is 17.1 Å². The van der Waals surface area contributed by atoms with Crippen LogP contribution in [0.5, 0.6) is 0 Å². The summed E-state index contributed by atoms with van der Waals surface area (Å²) >= 11 is 0. The number of nitrogens with zero attached hydrogens (tertiary/aromatic N) is 1. The molecule has 0 saturated heterocycles. The normalized spacial score (nSPS) is 15.4. The summed E-state index contributed by atoms with van der Waals surface area (Å²) in [6, 6.07) is 80.1. The second-order valence-corrected chi connectivity index (χ2v) is 22.5. The van der Waals surface area contributed by atoms with Crippen molar-refractivity contribution in [1.29, 1.82) is 0 Å². The Labute approximate surface area is 368 Å². The van der Waals surface area contributed by atoms with Gasteiger partial charge >= 0.3 is 0 Å². The first kappa shape index (κ1) is 38.2. The van der Waals surface area contributed by atoms with Gasteiger partial charge in [0.25, 0.3) is 0 Å². The third-order valence-electron chi connectivity index (χ3n) is 14.2. The SMILES string of the molecule is CC1(C)CCC(C)(C)c2c(-c3cccc(N(c4ccc(-c5ccc6ccccc6c5)cc4)c4ccc5c(c4)[Si](c4ccccc4)(c4ccccc4)c4ccccc4-5)c3)cccc21. The highest BCUT2D eigenvalue weighted by Gasteiger charge is 2.49. The molecule has 1 nitrogen and oxygen atoms in total. The molecule has 0 spiro atoms. The van der Waals surface area contributed by atoms with Crippen LogP contribution in [0.3, 0.4) is 0 Å². The lowest BCUT2D eigenvalue weighted by molar-refractivity contribution is 0.333. The average molecular weight is 814 g/mol. The highest BCUT2D eigenvalue weighted by molar-refractivity contribution is 7.22. The first-order chi connectivity index (χ1) is 30.2. The van der Waals surface area contributed by atoms with Crippen molar-refractivity contribution < 1.29 is 0 Å². The molecule has 0 saturated carbocycles. The monoisotopic (exact) mass is 813 g/mol. The highest BCUT2D eigenvalue weighted by Crippen LogP contribution is 2.50. The number of hydrogen-bond donors (Lipinski definition) is 0. The predicted octanol–water partition coefficient (Wildman–Crippen LogP) is 13.4. The topological polar surface area (TPSA) is 3.24 Å². The van der Waals surface area contributed by atoms with E-state index >= 15 is 0 Å². The predicted molar refractivity (Wildman–Crippen MR) is 267 cm³/mol. The second-order valence-electron chi connectivity index (χ2n) is 18.7. The molecule has 11 rings (SSSR count). The fourth-order valence-electron chi connectivity index (χ4n) is 11.0. The van der Waals surface area contributed by atoms with Crippen molar-refractivity contribution >= 4 is 56.7 Å². The molecule has 62 heavy (non-hydrogen) atoms. The molecule has 1 heterocycles. The van der Waals surface area contributed by atoms with E-state index in [-0.39, 0.29) is 10.8 Å². The van der Waals surface area contributed by atoms with Crippen LogP contribution in [0.15, 0.2) is 212 Å². The van der Waals surface area contributed by atoms with Gasteiger partial charge in [0.05, 0.1) is 0 Å². The molecule has 1 aliphatic heterocycles. The summed E-state index contributed by atoms with van der Waals surface area (Å²) in [5.74, 6) is 0. The lowest BCUT2D eigenvalue weighted by atomic mass is 9.61. The third-order valence-corrected chi connectivity index (χ3v) is 19.0. The van der Waals surface area contributed by atoms with Gasteiger partial charge in [-0.05, 0) is 142 Å². The molecule has 0 radical (unpaired) electrons. The smallest absolute Gasteiger partial charge is 0.180 e. The number of fused-ring (bicyclic) bond motifs is 5. The first-order valence-corrected chi connectivity index (χ1v) is 24.2. The van der Waals surface area contributed by atoms with Gasteiger partial charge in [0.2, 0.25) is 0 Å². The standard InChI is InChI=1S/C60H51NSi/c1-59(2)37-38-60(3,4)58-52(26-16-27-55(58)59)46-19-15-20-48(40-46)61(47-33-31-43(32-34-47)45-30-29-42-17-11-12-18-44(42)39-45)49-35-36-54-53-25-13-14-28-56(53)62(57(54)41-49,50-21-7-5-8-22-50)51-23-9-6-10-24-51/h5-36,39-41H,37-38H2,1-4H3. The van der Waals surface area contributed by atoms with Crippen molar-refractivity contribution in [3.05, 3.63) is 223 Å². The summed E-state index contributed by atoms with van der Waals surface area (Å²) < 4.78 is 0. The molecule has 9 aromatic rings. The molecule has 0 amide bonds. The quantitative estimate of drug-likeness (QED) is 0.145. The number of benzene rings is 9. The second kappa shape index (κ2) is 14.7. The minimum absolute atomic E-state index is 0.0769. The van der Waals surface area contributed by atoms with E-state index in [1.54, 1.807) is 0 Å². The molecule has 0 N–H and O–H groups in total. The lowest BCUT2D eigenvalue weighted by Gasteiger charge is -2.43. The van der Waals surface area contributed by atoms with Crippen molar-refractivity contribution in [2.24, 2.45) is 0 Å². The molecule has 2 aliphatic rings. The third kappa shape index (κ3) is 6.11. The minimum atomic E-state index is -2.72. The van der Waals surface area contributed by atoms with Crippen molar-refractivity contribution in [2.45, 2.75) is 51.4 Å². The van der Waals surface area contributed by atoms with Gasteiger partial charge in [0.15, 0.2) is 8.07 Å². The van der Waals surface area contributed by atoms with Crippen molar-refractivity contribution in [1.82, 2.24) is 0 Å². The van der Waals surface area contributed by atoms with Gasteiger partial charge < -0.3 is 4.90 Å². The Hall–Kier alpha value is -6.74. The lowest BCUT2D eigenvalue weighted by Crippen LogP contribution is -2.72. The maximum absolute atomic E-state index is 2.72. The Morgan fingerprint density at radius 3 is 1.71 bits per heavy atom. The van der Waals surface area contributed by atoms with Gasteiger partial charge in [0.1, 0.15) is 0 Å². The number of anilines is 3. The van der Waals surface area contributed by atoms with Gasteiger partial charge in [-0.3, -0.25) is 0 Å². The molecule has 2 heteroatoms. The molecule has 0 bridgehead atoms. The van der Waals surface area contributed by atoms with Crippen LogP contribution in [0.1, 0.15) is 51.7 Å². The van der Waals surface area contributed by atoms with E-state index in [9.17, 15) is 0 Å². The van der Waals surface area contributed by atoms with Crippen LogP contribution in [-0.2, 0) is 10.8 Å². The zero-order valence-corrected chi connectivity index (χ0v) is 37.1. The first-order valence-electron chi connectivity index (χ1n) is 22.2. The molecule has 0 unspecified atom stereocenters. The average Bonchev–Trinajstić information content (AvgIpc) is 3.61. The Morgan fingerprint density at radius 2 is 0.952 bits per heavy atom. The van der Waals surface area contributed by atoms with E-state index in [0.29, 0.717) is 0 Å². The van der Waals surface area contributed by atoms with E-state index < -0.39 is 8.07 Å². The number of rotatable bonds is 7. The summed E-state index contributed by atoms with van der Waals surface area (Å²) in [5, 5.41) is 8.21. The van der Waals surface area contributed by atoms with E-state index in [1.807, 2.05) is 0 Å². The molecular formula is C60H51NSi. The maximum atomic E-state index is 2.54. The fraction of sp³-hybridized carbons (Fsp3) is 0.133. The van der Waals surface area contributed by atoms with Crippen molar-refractivity contribution in [3.8, 4) is 33.4 Å². The van der Waals surface area contributed by atoms with Crippen LogP contribution in [-0.4, -0.2) is 8.07 Å². The molecule has 1 aliphatic carbocycles. The zero-order chi connectivity index (χ0) is 42.1.